The summed E-state index contributed by atoms with van der Waals surface area (Å²) in [6, 6.07) is 0. The Bertz CT molecular complexity index is 1320. The van der Waals surface area contributed by atoms with E-state index in [0.29, 0.717) is 25.7 Å². The number of thiazole rings is 1. The molecule has 2 rings (SSSR count). The highest BCUT2D eigenvalue weighted by molar-refractivity contribution is 7.90. The van der Waals surface area contributed by atoms with Crippen molar-refractivity contribution in [2.24, 2.45) is 5.92 Å². The molecule has 2 heterocycles. The maximum atomic E-state index is 12.7. The second-order valence-electron chi connectivity index (χ2n) is 11.4. The lowest BCUT2D eigenvalue weighted by atomic mass is 10.0. The van der Waals surface area contributed by atoms with Crippen LogP contribution in [0.25, 0.3) is 0 Å². The van der Waals surface area contributed by atoms with Crippen molar-refractivity contribution in [2.75, 3.05) is 32.6 Å². The molecule has 0 radical (unpaired) electrons. The normalized spacial score (nSPS) is 24.8. The van der Waals surface area contributed by atoms with Gasteiger partial charge in [0.1, 0.15) is 22.0 Å². The van der Waals surface area contributed by atoms with E-state index < -0.39 is 27.9 Å². The lowest BCUT2D eigenvalue weighted by Gasteiger charge is -2.18. The molecular formula is C32H46N2O6S2. The van der Waals surface area contributed by atoms with Crippen LogP contribution in [0, 0.1) is 5.92 Å². The standard InChI is InChI=1S/C32H46N2O6S2/c1-23(15-16-34(5)6)11-12-25(3)18-29-20-30-33-28(21-41-30)14-13-27(22-42(7,37)38)19-32(36)39-26(4)17-24(2)9-8-10-31(35)40-29/h8-12,15,18,21,26-27,29H,13-14,16-17,19-20,22H2,1-7H3/b10-8-,12-11+,23-15+,24-9+,25-18+. The molecule has 0 aliphatic carbocycles. The first-order chi connectivity index (χ1) is 19.7. The SMILES string of the molecule is CC(/C=C/C(C)=C/C1Cc2nc(cs2)CCC(CS(C)(=O)=O)CC(=O)OC(C)C/C(C)=C/C=C\C(=O)O1)=C\CN(C)C. The lowest BCUT2D eigenvalue weighted by Crippen LogP contribution is -2.23. The summed E-state index contributed by atoms with van der Waals surface area (Å²) in [7, 11) is 0.764. The number of hydrogen-bond acceptors (Lipinski definition) is 9. The zero-order chi connectivity index (χ0) is 31.3. The molecule has 8 nitrogen and oxygen atoms in total. The first-order valence-corrected chi connectivity index (χ1v) is 17.2. The number of esters is 2. The van der Waals surface area contributed by atoms with Gasteiger partial charge in [0.15, 0.2) is 0 Å². The fourth-order valence-corrected chi connectivity index (χ4v) is 6.46. The fourth-order valence-electron chi connectivity index (χ4n) is 4.45. The van der Waals surface area contributed by atoms with Crippen LogP contribution in [0.5, 0.6) is 0 Å². The molecule has 2 bridgehead atoms. The maximum absolute atomic E-state index is 12.7. The summed E-state index contributed by atoms with van der Waals surface area (Å²) in [6.07, 6.45) is 15.2. The van der Waals surface area contributed by atoms with Crippen molar-refractivity contribution < 1.29 is 27.5 Å². The van der Waals surface area contributed by atoms with Crippen LogP contribution in [0.15, 0.2) is 64.6 Å². The van der Waals surface area contributed by atoms with E-state index in [0.717, 1.165) is 34.0 Å². The zero-order valence-electron chi connectivity index (χ0n) is 26.0. The van der Waals surface area contributed by atoms with Crippen LogP contribution in [0.3, 0.4) is 0 Å². The van der Waals surface area contributed by atoms with Gasteiger partial charge in [0.25, 0.3) is 0 Å². The van der Waals surface area contributed by atoms with Crippen molar-refractivity contribution in [3.63, 3.8) is 0 Å². The highest BCUT2D eigenvalue weighted by atomic mass is 32.2. The predicted molar refractivity (Wildman–Crippen MR) is 170 cm³/mol. The van der Waals surface area contributed by atoms with Gasteiger partial charge in [-0.2, -0.15) is 0 Å². The van der Waals surface area contributed by atoms with Gasteiger partial charge in [0, 0.05) is 43.5 Å². The van der Waals surface area contributed by atoms with Gasteiger partial charge in [-0.05, 0) is 66.6 Å². The minimum Gasteiger partial charge on any atom is -0.462 e. The Morgan fingerprint density at radius 1 is 1.12 bits per heavy atom. The number of rotatable bonds is 7. The second kappa shape index (κ2) is 17.3. The highest BCUT2D eigenvalue weighted by Crippen LogP contribution is 2.21. The van der Waals surface area contributed by atoms with Crippen LogP contribution in [0.4, 0.5) is 0 Å². The van der Waals surface area contributed by atoms with Crippen LogP contribution >= 0.6 is 11.3 Å². The monoisotopic (exact) mass is 618 g/mol. The molecule has 3 unspecified atom stereocenters. The van der Waals surface area contributed by atoms with Gasteiger partial charge < -0.3 is 14.4 Å². The molecule has 0 fully saturated rings. The summed E-state index contributed by atoms with van der Waals surface area (Å²) in [5.74, 6) is -1.33. The van der Waals surface area contributed by atoms with Crippen LogP contribution < -0.4 is 0 Å². The number of hydrogen-bond donors (Lipinski definition) is 0. The summed E-state index contributed by atoms with van der Waals surface area (Å²) in [5, 5.41) is 2.75. The number of aromatic nitrogens is 1. The number of cyclic esters (lactones) is 2. The molecule has 42 heavy (non-hydrogen) atoms. The molecule has 0 N–H and O–H groups in total. The molecule has 0 amide bonds. The van der Waals surface area contributed by atoms with Crippen molar-refractivity contribution in [3.8, 4) is 0 Å². The summed E-state index contributed by atoms with van der Waals surface area (Å²) in [5.41, 5.74) is 3.84. The number of sulfone groups is 1. The van der Waals surface area contributed by atoms with Crippen LogP contribution in [-0.4, -0.2) is 75.1 Å². The molecule has 0 saturated heterocycles. The Hall–Kier alpha value is -2.82. The van der Waals surface area contributed by atoms with E-state index in [4.69, 9.17) is 14.5 Å². The van der Waals surface area contributed by atoms with E-state index in [9.17, 15) is 18.0 Å². The van der Waals surface area contributed by atoms with Crippen molar-refractivity contribution >= 4 is 33.1 Å². The highest BCUT2D eigenvalue weighted by Gasteiger charge is 2.22. The zero-order valence-corrected chi connectivity index (χ0v) is 27.6. The minimum absolute atomic E-state index is 0.0306. The van der Waals surface area contributed by atoms with Gasteiger partial charge in [-0.25, -0.2) is 18.2 Å². The predicted octanol–water partition coefficient (Wildman–Crippen LogP) is 5.43. The van der Waals surface area contributed by atoms with Crippen molar-refractivity contribution in [2.45, 2.75) is 72.0 Å². The second-order valence-corrected chi connectivity index (χ2v) is 14.6. The van der Waals surface area contributed by atoms with E-state index in [2.05, 4.69) is 11.0 Å². The Balaban J connectivity index is 2.33. The Morgan fingerprint density at radius 2 is 1.83 bits per heavy atom. The summed E-state index contributed by atoms with van der Waals surface area (Å²) in [6.45, 7) is 8.56. The number of fused-ring (bicyclic) bond motifs is 2. The van der Waals surface area contributed by atoms with E-state index in [1.165, 1.54) is 23.7 Å². The smallest absolute Gasteiger partial charge is 0.331 e. The molecule has 1 aromatic heterocycles. The molecule has 10 heteroatoms. The molecule has 232 valence electrons. The summed E-state index contributed by atoms with van der Waals surface area (Å²) in [4.78, 5) is 32.2. The molecule has 3 atom stereocenters. The van der Waals surface area contributed by atoms with Crippen LogP contribution in [0.2, 0.25) is 0 Å². The van der Waals surface area contributed by atoms with Crippen molar-refractivity contribution in [3.05, 3.63) is 75.3 Å². The molecule has 1 aliphatic heterocycles. The molecular weight excluding hydrogens is 572 g/mol. The molecule has 0 aromatic carbocycles. The third-order valence-electron chi connectivity index (χ3n) is 6.44. The minimum atomic E-state index is -3.28. The average molecular weight is 619 g/mol. The maximum Gasteiger partial charge on any atom is 0.331 e. The number of aryl methyl sites for hydroxylation is 1. The Labute approximate surface area is 255 Å². The summed E-state index contributed by atoms with van der Waals surface area (Å²) >= 11 is 1.47. The first kappa shape index (κ1) is 35.4. The first-order valence-electron chi connectivity index (χ1n) is 14.2. The van der Waals surface area contributed by atoms with Gasteiger partial charge in [0.2, 0.25) is 0 Å². The van der Waals surface area contributed by atoms with E-state index in [1.54, 1.807) is 19.1 Å². The molecule has 0 saturated carbocycles. The number of likely N-dealkylation sites (N-methyl/N-ethyl adjacent to an activating group) is 1. The van der Waals surface area contributed by atoms with Gasteiger partial charge in [0.05, 0.1) is 16.5 Å². The number of carbonyl (C=O) groups excluding carboxylic acids is 2. The van der Waals surface area contributed by atoms with E-state index in [-0.39, 0.29) is 24.2 Å². The van der Waals surface area contributed by atoms with Crippen molar-refractivity contribution in [1.82, 2.24) is 9.88 Å². The number of allylic oxidation sites excluding steroid dienone is 6. The average Bonchev–Trinajstić information content (AvgIpc) is 3.30. The lowest BCUT2D eigenvalue weighted by molar-refractivity contribution is -0.149. The van der Waals surface area contributed by atoms with Gasteiger partial charge >= 0.3 is 11.9 Å². The third kappa shape index (κ3) is 15.4. The molecule has 0 spiro atoms. The summed E-state index contributed by atoms with van der Waals surface area (Å²) < 4.78 is 35.5. The largest absolute Gasteiger partial charge is 0.462 e. The third-order valence-corrected chi connectivity index (χ3v) is 8.43. The topological polar surface area (TPSA) is 103 Å². The van der Waals surface area contributed by atoms with E-state index >= 15 is 0 Å². The molecule has 1 aromatic rings. The molecule has 1 aliphatic rings. The number of carbonyl (C=O) groups is 2. The van der Waals surface area contributed by atoms with Gasteiger partial charge in [-0.15, -0.1) is 11.3 Å². The number of ether oxygens (including phenoxy) is 2. The Morgan fingerprint density at radius 3 is 2.52 bits per heavy atom. The van der Waals surface area contributed by atoms with Crippen LogP contribution in [0.1, 0.15) is 57.7 Å². The Kier molecular flexibility index (Phi) is 14.6. The van der Waals surface area contributed by atoms with Gasteiger partial charge in [-0.3, -0.25) is 4.79 Å². The fraction of sp³-hybridized carbons (Fsp3) is 0.531. The van der Waals surface area contributed by atoms with Crippen molar-refractivity contribution in [1.29, 1.82) is 0 Å². The van der Waals surface area contributed by atoms with E-state index in [1.807, 2.05) is 58.5 Å². The van der Waals surface area contributed by atoms with Gasteiger partial charge in [-0.1, -0.05) is 47.1 Å². The van der Waals surface area contributed by atoms with Crippen LogP contribution in [-0.2, 0) is 41.7 Å². The number of nitrogens with zero attached hydrogens (tertiary/aromatic N) is 2. The quantitative estimate of drug-likeness (QED) is 0.295.